The number of pyridine rings is 1. The molecule has 29 heavy (non-hydrogen) atoms. The standard InChI is InChI=1S/C19H22FN5O4/c1-11-22-18(29-24-11)19-6-13(23-17(27)14-3-4-21-7-15(14)20)5-12(19)8-25(10-19)16(26)9-28-2/h3-4,7,12-13H,5-6,8-10H2,1-2H3,(H,23,27)/t12-,13+,19-/m0/s1. The van der Waals surface area contributed by atoms with Crippen molar-refractivity contribution < 1.29 is 23.2 Å². The van der Waals surface area contributed by atoms with Crippen LogP contribution in [0.4, 0.5) is 4.39 Å². The Labute approximate surface area is 166 Å². The van der Waals surface area contributed by atoms with Gasteiger partial charge in [-0.1, -0.05) is 5.16 Å². The second-order valence-electron chi connectivity index (χ2n) is 7.67. The van der Waals surface area contributed by atoms with Crippen molar-refractivity contribution >= 4 is 11.8 Å². The molecule has 1 saturated heterocycles. The first-order valence-corrected chi connectivity index (χ1v) is 9.41. The highest BCUT2D eigenvalue weighted by Crippen LogP contribution is 2.50. The van der Waals surface area contributed by atoms with Gasteiger partial charge in [0.2, 0.25) is 11.8 Å². The number of hydrogen-bond acceptors (Lipinski definition) is 7. The minimum atomic E-state index is -0.665. The van der Waals surface area contributed by atoms with Crippen LogP contribution in [-0.2, 0) is 14.9 Å². The molecular weight excluding hydrogens is 381 g/mol. The number of aromatic nitrogens is 3. The van der Waals surface area contributed by atoms with Crippen LogP contribution in [0.25, 0.3) is 0 Å². The maximum Gasteiger partial charge on any atom is 0.254 e. The van der Waals surface area contributed by atoms with Gasteiger partial charge in [0, 0.05) is 32.4 Å². The summed E-state index contributed by atoms with van der Waals surface area (Å²) in [5.41, 5.74) is -0.587. The average Bonchev–Trinajstić information content (AvgIpc) is 3.35. The van der Waals surface area contributed by atoms with E-state index in [4.69, 9.17) is 9.26 Å². The van der Waals surface area contributed by atoms with E-state index >= 15 is 0 Å². The topological polar surface area (TPSA) is 110 Å². The smallest absolute Gasteiger partial charge is 0.254 e. The van der Waals surface area contributed by atoms with Gasteiger partial charge in [0.15, 0.2) is 11.6 Å². The maximum atomic E-state index is 13.9. The van der Waals surface area contributed by atoms with Crippen molar-refractivity contribution in [1.29, 1.82) is 0 Å². The van der Waals surface area contributed by atoms with Crippen molar-refractivity contribution in [2.45, 2.75) is 31.2 Å². The molecule has 2 aromatic heterocycles. The number of halogens is 1. The first-order chi connectivity index (χ1) is 13.9. The van der Waals surface area contributed by atoms with Crippen LogP contribution in [0.3, 0.4) is 0 Å². The molecule has 4 rings (SSSR count). The summed E-state index contributed by atoms with van der Waals surface area (Å²) >= 11 is 0. The Morgan fingerprint density at radius 2 is 2.31 bits per heavy atom. The number of amides is 2. The number of rotatable bonds is 5. The summed E-state index contributed by atoms with van der Waals surface area (Å²) in [6, 6.07) is 1.15. The number of methoxy groups -OCH3 is 1. The van der Waals surface area contributed by atoms with Crippen molar-refractivity contribution in [3.8, 4) is 0 Å². The minimum Gasteiger partial charge on any atom is -0.375 e. The van der Waals surface area contributed by atoms with E-state index in [1.54, 1.807) is 11.8 Å². The van der Waals surface area contributed by atoms with Crippen LogP contribution in [0.1, 0.15) is 34.9 Å². The van der Waals surface area contributed by atoms with Crippen LogP contribution >= 0.6 is 0 Å². The fourth-order valence-corrected chi connectivity index (χ4v) is 4.54. The minimum absolute atomic E-state index is 0.00709. The molecule has 2 aliphatic rings. The Bertz CT molecular complexity index is 935. The molecule has 1 aliphatic heterocycles. The third-order valence-electron chi connectivity index (χ3n) is 5.80. The lowest BCUT2D eigenvalue weighted by Gasteiger charge is -2.25. The second kappa shape index (κ2) is 7.51. The highest BCUT2D eigenvalue weighted by Gasteiger charge is 2.58. The highest BCUT2D eigenvalue weighted by molar-refractivity contribution is 5.94. The molecular formula is C19H22FN5O4. The van der Waals surface area contributed by atoms with E-state index in [-0.39, 0.29) is 30.0 Å². The molecule has 1 aliphatic carbocycles. The van der Waals surface area contributed by atoms with Crippen LogP contribution in [0.5, 0.6) is 0 Å². The van der Waals surface area contributed by atoms with Crippen LogP contribution < -0.4 is 5.32 Å². The van der Waals surface area contributed by atoms with E-state index in [0.717, 1.165) is 6.20 Å². The average molecular weight is 403 g/mol. The predicted octanol–water partition coefficient (Wildman–Crippen LogP) is 0.847. The van der Waals surface area contributed by atoms with E-state index in [2.05, 4.69) is 20.4 Å². The van der Waals surface area contributed by atoms with Gasteiger partial charge in [-0.15, -0.1) is 0 Å². The summed E-state index contributed by atoms with van der Waals surface area (Å²) in [6.45, 7) is 2.67. The van der Waals surface area contributed by atoms with Gasteiger partial charge in [0.05, 0.1) is 17.2 Å². The molecule has 3 atom stereocenters. The molecule has 3 heterocycles. The lowest BCUT2D eigenvalue weighted by atomic mass is 9.80. The third kappa shape index (κ3) is 3.48. The number of hydrogen-bond donors (Lipinski definition) is 1. The quantitative estimate of drug-likeness (QED) is 0.788. The van der Waals surface area contributed by atoms with Gasteiger partial charge in [-0.2, -0.15) is 4.98 Å². The van der Waals surface area contributed by atoms with Crippen LogP contribution in [0.15, 0.2) is 23.0 Å². The van der Waals surface area contributed by atoms with E-state index < -0.39 is 17.1 Å². The number of fused-ring (bicyclic) bond motifs is 1. The summed E-state index contributed by atoms with van der Waals surface area (Å²) in [6.07, 6.45) is 3.54. The third-order valence-corrected chi connectivity index (χ3v) is 5.80. The van der Waals surface area contributed by atoms with Crippen LogP contribution in [-0.4, -0.2) is 64.7 Å². The Hall–Kier alpha value is -2.88. The predicted molar refractivity (Wildman–Crippen MR) is 97.3 cm³/mol. The number of carbonyl (C=O) groups is 2. The van der Waals surface area contributed by atoms with Gasteiger partial charge < -0.3 is 19.5 Å². The molecule has 0 bridgehead atoms. The normalized spacial score (nSPS) is 25.8. The van der Waals surface area contributed by atoms with Crippen LogP contribution in [0, 0.1) is 18.7 Å². The number of aryl methyl sites for hydroxylation is 1. The van der Waals surface area contributed by atoms with Crippen molar-refractivity contribution in [3.63, 3.8) is 0 Å². The summed E-state index contributed by atoms with van der Waals surface area (Å²) < 4.78 is 24.3. The molecule has 0 spiro atoms. The molecule has 2 amide bonds. The zero-order valence-electron chi connectivity index (χ0n) is 16.2. The molecule has 2 fully saturated rings. The second-order valence-corrected chi connectivity index (χ2v) is 7.67. The molecule has 0 radical (unpaired) electrons. The van der Waals surface area contributed by atoms with Crippen LogP contribution in [0.2, 0.25) is 0 Å². The summed E-state index contributed by atoms with van der Waals surface area (Å²) in [5, 5.41) is 6.82. The SMILES string of the molecule is COCC(=O)N1C[C@@H]2C[C@@H](NC(=O)c3ccncc3F)C[C@]2(c2nc(C)no2)C1. The Kier molecular flexibility index (Phi) is 5.03. The first kappa shape index (κ1) is 19.4. The van der Waals surface area contributed by atoms with Crippen molar-refractivity contribution in [1.82, 2.24) is 25.3 Å². The Morgan fingerprint density at radius 3 is 3.00 bits per heavy atom. The zero-order valence-corrected chi connectivity index (χ0v) is 16.2. The molecule has 10 heteroatoms. The first-order valence-electron chi connectivity index (χ1n) is 9.41. The largest absolute Gasteiger partial charge is 0.375 e. The van der Waals surface area contributed by atoms with Gasteiger partial charge >= 0.3 is 0 Å². The molecule has 2 aromatic rings. The molecule has 154 valence electrons. The van der Waals surface area contributed by atoms with E-state index in [1.807, 2.05) is 0 Å². The lowest BCUT2D eigenvalue weighted by Crippen LogP contribution is -2.40. The monoisotopic (exact) mass is 403 g/mol. The van der Waals surface area contributed by atoms with Gasteiger partial charge in [0.25, 0.3) is 5.91 Å². The summed E-state index contributed by atoms with van der Waals surface area (Å²) in [7, 11) is 1.48. The summed E-state index contributed by atoms with van der Waals surface area (Å²) in [4.78, 5) is 34.7. The summed E-state index contributed by atoms with van der Waals surface area (Å²) in [5.74, 6) is -0.228. The maximum absolute atomic E-state index is 13.9. The lowest BCUT2D eigenvalue weighted by molar-refractivity contribution is -0.134. The van der Waals surface area contributed by atoms with Gasteiger partial charge in [0.1, 0.15) is 6.61 Å². The zero-order chi connectivity index (χ0) is 20.6. The van der Waals surface area contributed by atoms with E-state index in [0.29, 0.717) is 37.6 Å². The van der Waals surface area contributed by atoms with Crippen molar-refractivity contribution in [2.24, 2.45) is 5.92 Å². The number of ether oxygens (including phenoxy) is 1. The van der Waals surface area contributed by atoms with Gasteiger partial charge in [-0.05, 0) is 31.7 Å². The van der Waals surface area contributed by atoms with Gasteiger partial charge in [-0.3, -0.25) is 14.6 Å². The van der Waals surface area contributed by atoms with E-state index in [9.17, 15) is 14.0 Å². The Morgan fingerprint density at radius 1 is 1.48 bits per heavy atom. The fraction of sp³-hybridized carbons (Fsp3) is 0.526. The number of nitrogens with one attached hydrogen (secondary N) is 1. The molecule has 1 N–H and O–H groups in total. The van der Waals surface area contributed by atoms with Crippen molar-refractivity contribution in [2.75, 3.05) is 26.8 Å². The number of nitrogens with zero attached hydrogens (tertiary/aromatic N) is 4. The molecule has 1 saturated carbocycles. The molecule has 9 nitrogen and oxygen atoms in total. The molecule has 0 aromatic carbocycles. The molecule has 0 unspecified atom stereocenters. The van der Waals surface area contributed by atoms with Gasteiger partial charge in [-0.25, -0.2) is 4.39 Å². The van der Waals surface area contributed by atoms with E-state index in [1.165, 1.54) is 19.4 Å². The van der Waals surface area contributed by atoms with Crippen molar-refractivity contribution in [3.05, 3.63) is 41.6 Å². The highest BCUT2D eigenvalue weighted by atomic mass is 19.1. The number of carbonyl (C=O) groups excluding carboxylic acids is 2. The number of likely N-dealkylation sites (tertiary alicyclic amines) is 1. The Balaban J connectivity index is 1.55. The fourth-order valence-electron chi connectivity index (χ4n) is 4.54.